The summed E-state index contributed by atoms with van der Waals surface area (Å²) in [5, 5.41) is 7.56. The van der Waals surface area contributed by atoms with Gasteiger partial charge in [0.05, 0.1) is 38.6 Å². The van der Waals surface area contributed by atoms with Gasteiger partial charge in [0.25, 0.3) is 0 Å². The van der Waals surface area contributed by atoms with Crippen molar-refractivity contribution < 1.29 is 4.21 Å². The van der Waals surface area contributed by atoms with Crippen molar-refractivity contribution in [1.82, 2.24) is 24.3 Å². The highest BCUT2D eigenvalue weighted by atomic mass is 32.2. The molecule has 8 heteroatoms. The van der Waals surface area contributed by atoms with Crippen molar-refractivity contribution in [3.8, 4) is 5.95 Å². The van der Waals surface area contributed by atoms with E-state index in [0.717, 1.165) is 43.1 Å². The van der Waals surface area contributed by atoms with E-state index in [4.69, 9.17) is 10.1 Å². The molecular weight excluding hydrogens is 402 g/mol. The minimum Gasteiger partial charge on any atom is -0.310 e. The van der Waals surface area contributed by atoms with Crippen molar-refractivity contribution >= 4 is 44.5 Å². The molecule has 4 aromatic rings. The lowest BCUT2D eigenvalue weighted by molar-refractivity contribution is 0.664. The summed E-state index contributed by atoms with van der Waals surface area (Å²) in [5.74, 6) is 1.18. The molecule has 0 amide bonds. The number of imidazole rings is 1. The standard InChI is InChI=1S/C21H25N5OS2/c1-8-29(27)20-18-13(4)11(2)12(3)14(5)19(18)24-26(20)21-23-15-9-17(28-7)22-10-16(15)25(21)6/h9-10H,8H2,1-7H3. The molecule has 1 aromatic carbocycles. The molecule has 29 heavy (non-hydrogen) atoms. The van der Waals surface area contributed by atoms with Gasteiger partial charge in [-0.2, -0.15) is 9.78 Å². The van der Waals surface area contributed by atoms with Crippen LogP contribution in [0.2, 0.25) is 0 Å². The van der Waals surface area contributed by atoms with Gasteiger partial charge in [-0.15, -0.1) is 11.8 Å². The number of benzene rings is 1. The maximum absolute atomic E-state index is 13.2. The van der Waals surface area contributed by atoms with Crippen molar-refractivity contribution in [2.45, 2.75) is 44.7 Å². The Balaban J connectivity index is 2.13. The van der Waals surface area contributed by atoms with E-state index in [9.17, 15) is 4.21 Å². The molecule has 1 unspecified atom stereocenters. The van der Waals surface area contributed by atoms with E-state index < -0.39 is 10.8 Å². The maximum Gasteiger partial charge on any atom is 0.232 e. The Hall–Kier alpha value is -2.19. The van der Waals surface area contributed by atoms with E-state index in [0.29, 0.717) is 11.7 Å². The van der Waals surface area contributed by atoms with Gasteiger partial charge < -0.3 is 4.57 Å². The topological polar surface area (TPSA) is 65.6 Å². The van der Waals surface area contributed by atoms with Crippen LogP contribution >= 0.6 is 11.8 Å². The molecule has 0 aliphatic rings. The molecule has 0 fully saturated rings. The molecule has 6 nitrogen and oxygen atoms in total. The molecule has 0 saturated carbocycles. The fraction of sp³-hybridized carbons (Fsp3) is 0.381. The van der Waals surface area contributed by atoms with Crippen molar-refractivity contribution in [2.75, 3.05) is 12.0 Å². The molecule has 3 heterocycles. The summed E-state index contributed by atoms with van der Waals surface area (Å²) in [5.41, 5.74) is 7.40. The summed E-state index contributed by atoms with van der Waals surface area (Å²) in [6, 6.07) is 1.98. The van der Waals surface area contributed by atoms with Crippen LogP contribution in [0.5, 0.6) is 0 Å². The molecule has 0 N–H and O–H groups in total. The van der Waals surface area contributed by atoms with Crippen molar-refractivity contribution in [3.63, 3.8) is 0 Å². The first-order valence-corrected chi connectivity index (χ1v) is 12.1. The molecule has 4 rings (SSSR count). The number of fused-ring (bicyclic) bond motifs is 2. The number of thioether (sulfide) groups is 1. The van der Waals surface area contributed by atoms with E-state index in [2.05, 4.69) is 32.7 Å². The summed E-state index contributed by atoms with van der Waals surface area (Å²) in [6.07, 6.45) is 3.83. The lowest BCUT2D eigenvalue weighted by atomic mass is 9.96. The molecule has 0 bridgehead atoms. The summed E-state index contributed by atoms with van der Waals surface area (Å²) >= 11 is 1.59. The van der Waals surface area contributed by atoms with Gasteiger partial charge in [0.1, 0.15) is 5.03 Å². The van der Waals surface area contributed by atoms with E-state index >= 15 is 0 Å². The van der Waals surface area contributed by atoms with E-state index in [1.807, 2.05) is 37.1 Å². The zero-order valence-electron chi connectivity index (χ0n) is 17.8. The summed E-state index contributed by atoms with van der Waals surface area (Å²) in [6.45, 7) is 10.4. The van der Waals surface area contributed by atoms with Gasteiger partial charge >= 0.3 is 0 Å². The molecule has 0 spiro atoms. The summed E-state index contributed by atoms with van der Waals surface area (Å²) in [7, 11) is 0.763. The zero-order valence-corrected chi connectivity index (χ0v) is 19.5. The molecule has 0 aliphatic carbocycles. The second-order valence-electron chi connectivity index (χ2n) is 7.26. The Bertz CT molecular complexity index is 1300. The highest BCUT2D eigenvalue weighted by Crippen LogP contribution is 2.34. The number of pyridine rings is 1. The zero-order chi connectivity index (χ0) is 21.0. The fourth-order valence-electron chi connectivity index (χ4n) is 3.77. The molecule has 3 aromatic heterocycles. The van der Waals surface area contributed by atoms with Crippen molar-refractivity contribution in [3.05, 3.63) is 34.5 Å². The number of hydrogen-bond acceptors (Lipinski definition) is 5. The average molecular weight is 428 g/mol. The molecule has 0 radical (unpaired) electrons. The van der Waals surface area contributed by atoms with Crippen LogP contribution in [0.4, 0.5) is 0 Å². The highest BCUT2D eigenvalue weighted by Gasteiger charge is 2.25. The Kier molecular flexibility index (Phi) is 5.02. The van der Waals surface area contributed by atoms with Gasteiger partial charge in [0.15, 0.2) is 0 Å². The maximum atomic E-state index is 13.2. The number of nitrogens with zero attached hydrogens (tertiary/aromatic N) is 5. The number of aromatic nitrogens is 5. The van der Waals surface area contributed by atoms with Crippen LogP contribution in [0.25, 0.3) is 27.9 Å². The van der Waals surface area contributed by atoms with Gasteiger partial charge in [-0.25, -0.2) is 9.97 Å². The molecule has 1 atom stereocenters. The lowest BCUT2D eigenvalue weighted by Gasteiger charge is -2.11. The largest absolute Gasteiger partial charge is 0.310 e. The minimum absolute atomic E-state index is 0.522. The third-order valence-corrected chi connectivity index (χ3v) is 7.83. The normalized spacial score (nSPS) is 12.9. The molecule has 0 saturated heterocycles. The molecule has 152 valence electrons. The first-order valence-electron chi connectivity index (χ1n) is 9.54. The Morgan fingerprint density at radius 2 is 1.79 bits per heavy atom. The predicted octanol–water partition coefficient (Wildman–Crippen LogP) is 4.39. The van der Waals surface area contributed by atoms with Gasteiger partial charge in [0, 0.05) is 18.2 Å². The predicted molar refractivity (Wildman–Crippen MR) is 121 cm³/mol. The number of hydrogen-bond donors (Lipinski definition) is 0. The Morgan fingerprint density at radius 3 is 2.45 bits per heavy atom. The van der Waals surface area contributed by atoms with Crippen LogP contribution in [-0.4, -0.2) is 40.5 Å². The number of rotatable bonds is 4. The summed E-state index contributed by atoms with van der Waals surface area (Å²) in [4.78, 5) is 9.32. The van der Waals surface area contributed by atoms with E-state index in [-0.39, 0.29) is 0 Å². The molecule has 0 aliphatic heterocycles. The van der Waals surface area contributed by atoms with Gasteiger partial charge in [-0.1, -0.05) is 6.92 Å². The van der Waals surface area contributed by atoms with Crippen LogP contribution in [0, 0.1) is 27.7 Å². The average Bonchev–Trinajstić information content (AvgIpc) is 3.28. The Morgan fingerprint density at radius 1 is 1.10 bits per heavy atom. The van der Waals surface area contributed by atoms with Crippen LogP contribution in [0.3, 0.4) is 0 Å². The van der Waals surface area contributed by atoms with Crippen molar-refractivity contribution in [1.29, 1.82) is 0 Å². The Labute approximate surface area is 177 Å². The van der Waals surface area contributed by atoms with Gasteiger partial charge in [0.2, 0.25) is 5.95 Å². The first-order chi connectivity index (χ1) is 13.8. The van der Waals surface area contributed by atoms with Crippen LogP contribution in [0.1, 0.15) is 29.2 Å². The quantitative estimate of drug-likeness (QED) is 0.452. The third-order valence-electron chi connectivity index (χ3n) is 5.86. The number of aryl methyl sites for hydroxylation is 3. The van der Waals surface area contributed by atoms with Gasteiger partial charge in [-0.3, -0.25) is 4.21 Å². The fourth-order valence-corrected chi connectivity index (χ4v) is 5.23. The van der Waals surface area contributed by atoms with Crippen LogP contribution < -0.4 is 0 Å². The van der Waals surface area contributed by atoms with Crippen molar-refractivity contribution in [2.24, 2.45) is 7.05 Å². The lowest BCUT2D eigenvalue weighted by Crippen LogP contribution is -2.10. The smallest absolute Gasteiger partial charge is 0.232 e. The van der Waals surface area contributed by atoms with Crippen LogP contribution in [0.15, 0.2) is 22.3 Å². The summed E-state index contributed by atoms with van der Waals surface area (Å²) < 4.78 is 16.9. The highest BCUT2D eigenvalue weighted by molar-refractivity contribution is 7.98. The van der Waals surface area contributed by atoms with E-state index in [1.54, 1.807) is 16.4 Å². The van der Waals surface area contributed by atoms with Crippen LogP contribution in [-0.2, 0) is 17.8 Å². The SMILES string of the molecule is CCS(=O)c1c2c(C)c(C)c(C)c(C)c2nn1-c1nc2cc(SC)ncc2n1C. The second kappa shape index (κ2) is 7.25. The van der Waals surface area contributed by atoms with E-state index in [1.165, 1.54) is 11.1 Å². The van der Waals surface area contributed by atoms with Gasteiger partial charge in [-0.05, 0) is 62.3 Å². The second-order valence-corrected chi connectivity index (χ2v) is 9.74. The molecular formula is C21H25N5OS2. The third kappa shape index (κ3) is 2.92. The monoisotopic (exact) mass is 427 g/mol. The minimum atomic E-state index is -1.19. The first kappa shape index (κ1) is 20.1.